The lowest BCUT2D eigenvalue weighted by Crippen LogP contribution is -2.18. The first-order valence-electron chi connectivity index (χ1n) is 6.35. The van der Waals surface area contributed by atoms with Crippen LogP contribution in [0.3, 0.4) is 0 Å². The summed E-state index contributed by atoms with van der Waals surface area (Å²) in [6.45, 7) is 4.17. The third kappa shape index (κ3) is 4.27. The van der Waals surface area contributed by atoms with Gasteiger partial charge in [0.05, 0.1) is 4.88 Å². The number of benzene rings is 1. The number of carbonyl (C=O) groups is 1. The summed E-state index contributed by atoms with van der Waals surface area (Å²) in [5.74, 6) is 0.488. The summed E-state index contributed by atoms with van der Waals surface area (Å²) >= 11 is 6.24. The maximum absolute atomic E-state index is 12.2. The van der Waals surface area contributed by atoms with Crippen molar-refractivity contribution in [3.05, 3.63) is 45.6 Å². The molecule has 0 atom stereocenters. The number of hydrogen-bond donors (Lipinski definition) is 2. The Hall–Kier alpha value is -1.92. The van der Waals surface area contributed by atoms with E-state index in [1.54, 1.807) is 24.3 Å². The van der Waals surface area contributed by atoms with E-state index in [0.717, 1.165) is 10.4 Å². The highest BCUT2D eigenvalue weighted by Crippen LogP contribution is 2.23. The van der Waals surface area contributed by atoms with Crippen LogP contribution in [0.4, 0.5) is 5.69 Å². The SMILES string of the molecule is Cc1cc(C(=O)Nc2cccc(OCC(N)=S)c2)sc1C. The second kappa shape index (κ2) is 6.69. The molecule has 1 amide bonds. The van der Waals surface area contributed by atoms with Crippen molar-refractivity contribution in [2.75, 3.05) is 11.9 Å². The molecule has 21 heavy (non-hydrogen) atoms. The maximum Gasteiger partial charge on any atom is 0.265 e. The highest BCUT2D eigenvalue weighted by molar-refractivity contribution is 7.80. The monoisotopic (exact) mass is 320 g/mol. The smallest absolute Gasteiger partial charge is 0.265 e. The van der Waals surface area contributed by atoms with Crippen LogP contribution in [-0.2, 0) is 0 Å². The maximum atomic E-state index is 12.2. The molecule has 6 heteroatoms. The molecule has 0 fully saturated rings. The number of rotatable bonds is 5. The van der Waals surface area contributed by atoms with Gasteiger partial charge in [0.25, 0.3) is 5.91 Å². The second-order valence-corrected chi connectivity index (χ2v) is 6.37. The quantitative estimate of drug-likeness (QED) is 0.830. The van der Waals surface area contributed by atoms with Crippen LogP contribution in [0.1, 0.15) is 20.1 Å². The minimum atomic E-state index is -0.123. The summed E-state index contributed by atoms with van der Waals surface area (Å²) in [5.41, 5.74) is 7.18. The van der Waals surface area contributed by atoms with Gasteiger partial charge in [-0.25, -0.2) is 0 Å². The number of ether oxygens (including phenoxy) is 1. The van der Waals surface area contributed by atoms with Crippen LogP contribution in [-0.4, -0.2) is 17.5 Å². The predicted octanol–water partition coefficient (Wildman–Crippen LogP) is 3.28. The molecule has 2 aromatic rings. The van der Waals surface area contributed by atoms with Gasteiger partial charge in [0.15, 0.2) is 0 Å². The van der Waals surface area contributed by atoms with Crippen molar-refractivity contribution in [2.24, 2.45) is 5.73 Å². The molecule has 0 aliphatic carbocycles. The Morgan fingerprint density at radius 2 is 2.14 bits per heavy atom. The van der Waals surface area contributed by atoms with Crippen LogP contribution in [0.2, 0.25) is 0 Å². The number of nitrogens with two attached hydrogens (primary N) is 1. The van der Waals surface area contributed by atoms with Crippen LogP contribution < -0.4 is 15.8 Å². The standard InChI is InChI=1S/C15H16N2O2S2/c1-9-6-13(21-10(9)2)15(18)17-11-4-3-5-12(7-11)19-8-14(16)20/h3-7H,8H2,1-2H3,(H2,16,20)(H,17,18). The van der Waals surface area contributed by atoms with Crippen molar-refractivity contribution in [3.63, 3.8) is 0 Å². The molecule has 0 spiro atoms. The summed E-state index contributed by atoms with van der Waals surface area (Å²) in [4.78, 5) is 14.3. The first kappa shape index (κ1) is 15.5. The minimum Gasteiger partial charge on any atom is -0.486 e. The zero-order valence-corrected chi connectivity index (χ0v) is 13.4. The van der Waals surface area contributed by atoms with E-state index in [1.807, 2.05) is 19.9 Å². The Labute approximate surface area is 132 Å². The van der Waals surface area contributed by atoms with Crippen LogP contribution in [0.5, 0.6) is 5.75 Å². The summed E-state index contributed by atoms with van der Waals surface area (Å²) in [5, 5.41) is 2.85. The number of carbonyl (C=O) groups excluding carboxylic acids is 1. The Bertz CT molecular complexity index is 661. The van der Waals surface area contributed by atoms with Gasteiger partial charge in [0.1, 0.15) is 17.3 Å². The van der Waals surface area contributed by atoms with Gasteiger partial charge < -0.3 is 15.8 Å². The summed E-state index contributed by atoms with van der Waals surface area (Å²) in [6, 6.07) is 9.02. The van der Waals surface area contributed by atoms with Gasteiger partial charge in [0.2, 0.25) is 0 Å². The molecule has 1 aromatic carbocycles. The van der Waals surface area contributed by atoms with Crippen LogP contribution >= 0.6 is 23.6 Å². The zero-order valence-electron chi connectivity index (χ0n) is 11.8. The molecule has 0 radical (unpaired) electrons. The Kier molecular flexibility index (Phi) is 4.93. The topological polar surface area (TPSA) is 64.3 Å². The van der Waals surface area contributed by atoms with Crippen molar-refractivity contribution in [2.45, 2.75) is 13.8 Å². The van der Waals surface area contributed by atoms with E-state index in [1.165, 1.54) is 11.3 Å². The van der Waals surface area contributed by atoms with E-state index < -0.39 is 0 Å². The fraction of sp³-hybridized carbons (Fsp3) is 0.200. The van der Waals surface area contributed by atoms with E-state index >= 15 is 0 Å². The molecule has 4 nitrogen and oxygen atoms in total. The number of aryl methyl sites for hydroxylation is 2. The van der Waals surface area contributed by atoms with Crippen molar-refractivity contribution >= 4 is 40.1 Å². The van der Waals surface area contributed by atoms with Crippen molar-refractivity contribution in [1.29, 1.82) is 0 Å². The van der Waals surface area contributed by atoms with E-state index in [9.17, 15) is 4.79 Å². The summed E-state index contributed by atoms with van der Waals surface area (Å²) < 4.78 is 5.40. The Morgan fingerprint density at radius 3 is 2.76 bits per heavy atom. The molecule has 2 rings (SSSR count). The Balaban J connectivity index is 2.07. The van der Waals surface area contributed by atoms with Gasteiger partial charge in [-0.2, -0.15) is 0 Å². The first-order chi connectivity index (χ1) is 9.95. The third-order valence-electron chi connectivity index (χ3n) is 2.86. The van der Waals surface area contributed by atoms with Gasteiger partial charge in [-0.3, -0.25) is 4.79 Å². The number of amides is 1. The molecule has 110 valence electrons. The zero-order chi connectivity index (χ0) is 15.4. The third-order valence-corrected chi connectivity index (χ3v) is 4.13. The molecule has 0 saturated heterocycles. The summed E-state index contributed by atoms with van der Waals surface area (Å²) in [7, 11) is 0. The normalized spacial score (nSPS) is 10.2. The molecule has 0 bridgehead atoms. The van der Waals surface area contributed by atoms with Gasteiger partial charge in [0, 0.05) is 16.6 Å². The van der Waals surface area contributed by atoms with Crippen LogP contribution in [0, 0.1) is 13.8 Å². The van der Waals surface area contributed by atoms with Gasteiger partial charge >= 0.3 is 0 Å². The highest BCUT2D eigenvalue weighted by atomic mass is 32.1. The molecule has 0 saturated carbocycles. The van der Waals surface area contributed by atoms with Crippen molar-refractivity contribution < 1.29 is 9.53 Å². The fourth-order valence-corrected chi connectivity index (χ4v) is 2.68. The number of nitrogens with one attached hydrogen (secondary N) is 1. The first-order valence-corrected chi connectivity index (χ1v) is 7.57. The lowest BCUT2D eigenvalue weighted by atomic mass is 10.2. The van der Waals surface area contributed by atoms with E-state index in [4.69, 9.17) is 22.7 Å². The number of hydrogen-bond acceptors (Lipinski definition) is 4. The van der Waals surface area contributed by atoms with Crippen molar-refractivity contribution in [1.82, 2.24) is 0 Å². The summed E-state index contributed by atoms with van der Waals surface area (Å²) in [6.07, 6.45) is 0. The minimum absolute atomic E-state index is 0.123. The number of thiophene rings is 1. The molecular weight excluding hydrogens is 304 g/mol. The van der Waals surface area contributed by atoms with Crippen LogP contribution in [0.25, 0.3) is 0 Å². The molecule has 0 aliphatic rings. The highest BCUT2D eigenvalue weighted by Gasteiger charge is 2.11. The molecule has 1 aromatic heterocycles. The largest absolute Gasteiger partial charge is 0.486 e. The Morgan fingerprint density at radius 1 is 1.38 bits per heavy atom. The number of thiocarbonyl (C=S) groups is 1. The average Bonchev–Trinajstić information content (AvgIpc) is 2.77. The van der Waals surface area contributed by atoms with Crippen molar-refractivity contribution in [3.8, 4) is 5.75 Å². The fourth-order valence-electron chi connectivity index (χ4n) is 1.70. The van der Waals surface area contributed by atoms with Gasteiger partial charge in [-0.1, -0.05) is 18.3 Å². The van der Waals surface area contributed by atoms with E-state index in [2.05, 4.69) is 5.32 Å². The van der Waals surface area contributed by atoms with Crippen LogP contribution in [0.15, 0.2) is 30.3 Å². The van der Waals surface area contributed by atoms with Gasteiger partial charge in [-0.05, 0) is 37.6 Å². The second-order valence-electron chi connectivity index (χ2n) is 4.59. The molecule has 0 unspecified atom stereocenters. The molecule has 3 N–H and O–H groups in total. The predicted molar refractivity (Wildman–Crippen MR) is 90.5 cm³/mol. The van der Waals surface area contributed by atoms with E-state index in [-0.39, 0.29) is 17.5 Å². The average molecular weight is 320 g/mol. The molecule has 1 heterocycles. The molecule has 0 aliphatic heterocycles. The molecular formula is C15H16N2O2S2. The van der Waals surface area contributed by atoms with Gasteiger partial charge in [-0.15, -0.1) is 11.3 Å². The lowest BCUT2D eigenvalue weighted by Gasteiger charge is -2.08. The number of anilines is 1. The lowest BCUT2D eigenvalue weighted by molar-refractivity contribution is 0.103. The van der Waals surface area contributed by atoms with E-state index in [0.29, 0.717) is 16.3 Å².